The first-order valence-electron chi connectivity index (χ1n) is 7.72. The van der Waals surface area contributed by atoms with Gasteiger partial charge in [-0.3, -0.25) is 0 Å². The second kappa shape index (κ2) is 10.5. The van der Waals surface area contributed by atoms with Crippen LogP contribution in [0.1, 0.15) is 36.2 Å². The number of benzene rings is 1. The molecule has 1 N–H and O–H groups in total. The summed E-state index contributed by atoms with van der Waals surface area (Å²) in [6.07, 6.45) is 1.99. The molecule has 118 valence electrons. The van der Waals surface area contributed by atoms with Crippen molar-refractivity contribution in [3.8, 4) is 0 Å². The van der Waals surface area contributed by atoms with Crippen LogP contribution in [-0.4, -0.2) is 40.1 Å². The van der Waals surface area contributed by atoms with Crippen LogP contribution in [0.5, 0.6) is 0 Å². The summed E-state index contributed by atoms with van der Waals surface area (Å²) >= 11 is 0. The van der Waals surface area contributed by atoms with E-state index in [9.17, 15) is 4.79 Å². The van der Waals surface area contributed by atoms with Gasteiger partial charge in [-0.25, -0.2) is 4.79 Å². The molecule has 21 heavy (non-hydrogen) atoms. The Balaban J connectivity index is 2.19. The van der Waals surface area contributed by atoms with Crippen molar-refractivity contribution in [2.75, 3.05) is 13.2 Å². The predicted molar refractivity (Wildman–Crippen MR) is 86.9 cm³/mol. The molecule has 0 unspecified atom stereocenters. The lowest BCUT2D eigenvalue weighted by atomic mass is 10.1. The van der Waals surface area contributed by atoms with Gasteiger partial charge in [-0.2, -0.15) is 0 Å². The largest absolute Gasteiger partial charge is 0.478 e. The third kappa shape index (κ3) is 7.41. The first-order valence-corrected chi connectivity index (χ1v) is 9.72. The Kier molecular flexibility index (Phi) is 8.97. The molecule has 0 spiro atoms. The third-order valence-electron chi connectivity index (χ3n) is 3.31. The van der Waals surface area contributed by atoms with Crippen LogP contribution >= 0.6 is 0 Å². The Morgan fingerprint density at radius 3 is 2.29 bits per heavy atom. The zero-order chi connectivity index (χ0) is 15.5. The molecule has 0 saturated heterocycles. The number of hydrogen-bond donors (Lipinski definition) is 1. The van der Waals surface area contributed by atoms with Gasteiger partial charge in [0.2, 0.25) is 0 Å². The van der Waals surface area contributed by atoms with Crippen molar-refractivity contribution in [1.82, 2.24) is 0 Å². The monoisotopic (exact) mass is 310 g/mol. The van der Waals surface area contributed by atoms with Crippen molar-refractivity contribution in [3.63, 3.8) is 0 Å². The van der Waals surface area contributed by atoms with E-state index in [1.54, 1.807) is 12.1 Å². The highest BCUT2D eigenvalue weighted by Crippen LogP contribution is 2.09. The minimum Gasteiger partial charge on any atom is -0.478 e. The Bertz CT molecular complexity index is 399. The van der Waals surface area contributed by atoms with Gasteiger partial charge in [-0.15, -0.1) is 0 Å². The molecule has 0 aliphatic carbocycles. The second-order valence-electron chi connectivity index (χ2n) is 4.94. The lowest BCUT2D eigenvalue weighted by Crippen LogP contribution is -2.17. The van der Waals surface area contributed by atoms with E-state index in [0.717, 1.165) is 12.8 Å². The van der Waals surface area contributed by atoms with Crippen LogP contribution in [0.4, 0.5) is 0 Å². The lowest BCUT2D eigenvalue weighted by Gasteiger charge is -2.16. The molecule has 0 amide bonds. The normalized spacial score (nSPS) is 11.6. The minimum atomic E-state index is -0.867. The molecular weight excluding hydrogens is 284 g/mol. The number of aromatic carboxylic acids is 1. The molecule has 4 nitrogen and oxygen atoms in total. The maximum absolute atomic E-state index is 10.8. The SMILES string of the molecule is CCOC(CC[SiH2]CCc1ccc(C(=O)O)cc1)OCC. The molecule has 0 aliphatic rings. The molecule has 0 aliphatic heterocycles. The summed E-state index contributed by atoms with van der Waals surface area (Å²) in [7, 11) is -0.111. The van der Waals surface area contributed by atoms with Crippen LogP contribution in [0.25, 0.3) is 0 Å². The van der Waals surface area contributed by atoms with Crippen molar-refractivity contribution in [2.45, 2.75) is 45.1 Å². The van der Waals surface area contributed by atoms with E-state index in [0.29, 0.717) is 18.8 Å². The van der Waals surface area contributed by atoms with Crippen LogP contribution in [0.3, 0.4) is 0 Å². The fourth-order valence-corrected chi connectivity index (χ4v) is 3.85. The average molecular weight is 310 g/mol. The molecule has 0 heterocycles. The highest BCUT2D eigenvalue weighted by Gasteiger charge is 2.07. The second-order valence-corrected chi connectivity index (χ2v) is 7.06. The van der Waals surface area contributed by atoms with E-state index >= 15 is 0 Å². The van der Waals surface area contributed by atoms with Crippen LogP contribution in [0.2, 0.25) is 12.1 Å². The van der Waals surface area contributed by atoms with E-state index in [1.807, 2.05) is 26.0 Å². The maximum atomic E-state index is 10.8. The van der Waals surface area contributed by atoms with Crippen LogP contribution in [0.15, 0.2) is 24.3 Å². The summed E-state index contributed by atoms with van der Waals surface area (Å²) in [5.41, 5.74) is 1.57. The number of hydrogen-bond acceptors (Lipinski definition) is 3. The topological polar surface area (TPSA) is 55.8 Å². The number of carboxylic acid groups (broad SMARTS) is 1. The summed E-state index contributed by atoms with van der Waals surface area (Å²) in [6.45, 7) is 5.37. The molecule has 0 fully saturated rings. The van der Waals surface area contributed by atoms with Crippen LogP contribution in [-0.2, 0) is 15.9 Å². The Morgan fingerprint density at radius 1 is 1.14 bits per heavy atom. The molecule has 1 rings (SSSR count). The molecule has 0 radical (unpaired) electrons. The van der Waals surface area contributed by atoms with Crippen molar-refractivity contribution < 1.29 is 19.4 Å². The molecule has 1 aromatic rings. The Morgan fingerprint density at radius 2 is 1.76 bits per heavy atom. The average Bonchev–Trinajstić information content (AvgIpc) is 2.47. The number of rotatable bonds is 11. The standard InChI is InChI=1S/C16H26O4Si/c1-3-19-15(20-4-2)10-12-21-11-9-13-5-7-14(8-6-13)16(17)18/h5-8,15H,3-4,9-12,21H2,1-2H3,(H,17,18). The molecule has 0 bridgehead atoms. The van der Waals surface area contributed by atoms with Crippen molar-refractivity contribution >= 4 is 15.5 Å². The molecular formula is C16H26O4Si. The van der Waals surface area contributed by atoms with Gasteiger partial charge in [-0.05, 0) is 44.4 Å². The van der Waals surface area contributed by atoms with Gasteiger partial charge in [0.25, 0.3) is 0 Å². The summed E-state index contributed by atoms with van der Waals surface area (Å²) in [6, 6.07) is 9.65. The first-order chi connectivity index (χ1) is 10.2. The molecule has 0 saturated carbocycles. The van der Waals surface area contributed by atoms with Gasteiger partial charge in [0.15, 0.2) is 6.29 Å². The minimum absolute atomic E-state index is 0.0395. The van der Waals surface area contributed by atoms with E-state index in [-0.39, 0.29) is 15.8 Å². The highest BCUT2D eigenvalue weighted by molar-refractivity contribution is 6.35. The van der Waals surface area contributed by atoms with E-state index in [4.69, 9.17) is 14.6 Å². The van der Waals surface area contributed by atoms with E-state index < -0.39 is 5.97 Å². The zero-order valence-corrected chi connectivity index (χ0v) is 14.4. The third-order valence-corrected chi connectivity index (χ3v) is 5.07. The summed E-state index contributed by atoms with van der Waals surface area (Å²) < 4.78 is 11.1. The number of carboxylic acids is 1. The smallest absolute Gasteiger partial charge is 0.335 e. The van der Waals surface area contributed by atoms with Crippen molar-refractivity contribution in [2.24, 2.45) is 0 Å². The van der Waals surface area contributed by atoms with Crippen molar-refractivity contribution in [1.29, 1.82) is 0 Å². The fourth-order valence-electron chi connectivity index (χ4n) is 2.22. The first kappa shape index (κ1) is 17.9. The van der Waals surface area contributed by atoms with Crippen LogP contribution in [0, 0.1) is 0 Å². The summed E-state index contributed by atoms with van der Waals surface area (Å²) in [4.78, 5) is 10.8. The summed E-state index contributed by atoms with van der Waals surface area (Å²) in [5, 5.41) is 8.84. The fraction of sp³-hybridized carbons (Fsp3) is 0.562. The lowest BCUT2D eigenvalue weighted by molar-refractivity contribution is -0.136. The molecule has 1 aromatic carbocycles. The van der Waals surface area contributed by atoms with Gasteiger partial charge in [0, 0.05) is 22.7 Å². The Labute approximate surface area is 129 Å². The van der Waals surface area contributed by atoms with Crippen molar-refractivity contribution in [3.05, 3.63) is 35.4 Å². The van der Waals surface area contributed by atoms with Gasteiger partial charge >= 0.3 is 5.97 Å². The van der Waals surface area contributed by atoms with Gasteiger partial charge in [0.05, 0.1) is 5.56 Å². The van der Waals surface area contributed by atoms with Gasteiger partial charge in [-0.1, -0.05) is 24.2 Å². The van der Waals surface area contributed by atoms with Gasteiger partial charge < -0.3 is 14.6 Å². The van der Waals surface area contributed by atoms with Crippen LogP contribution < -0.4 is 0 Å². The number of aryl methyl sites for hydroxylation is 1. The Hall–Kier alpha value is -1.17. The highest BCUT2D eigenvalue weighted by atomic mass is 28.2. The quantitative estimate of drug-likeness (QED) is 0.388. The number of ether oxygens (including phenoxy) is 2. The number of carbonyl (C=O) groups is 1. The molecule has 5 heteroatoms. The van der Waals surface area contributed by atoms with E-state index in [1.165, 1.54) is 17.7 Å². The molecule has 0 atom stereocenters. The van der Waals surface area contributed by atoms with Gasteiger partial charge in [0.1, 0.15) is 0 Å². The summed E-state index contributed by atoms with van der Waals surface area (Å²) in [5.74, 6) is -0.867. The predicted octanol–water partition coefficient (Wildman–Crippen LogP) is 2.72. The zero-order valence-electron chi connectivity index (χ0n) is 13.0. The maximum Gasteiger partial charge on any atom is 0.335 e. The van der Waals surface area contributed by atoms with E-state index in [2.05, 4.69) is 0 Å². The molecule has 0 aromatic heterocycles.